The lowest BCUT2D eigenvalue weighted by Gasteiger charge is -2.35. The number of rotatable bonds is 4. The Bertz CT molecular complexity index is 439. The van der Waals surface area contributed by atoms with Crippen LogP contribution in [0.2, 0.25) is 0 Å². The molecule has 1 aliphatic rings. The molecule has 21 heavy (non-hydrogen) atoms. The fraction of sp³-hybridized carbons (Fsp3) is 0.562. The number of piperazine rings is 1. The van der Waals surface area contributed by atoms with Crippen LogP contribution in [-0.2, 0) is 11.2 Å². The van der Waals surface area contributed by atoms with Gasteiger partial charge in [0.05, 0.1) is 6.54 Å². The summed E-state index contributed by atoms with van der Waals surface area (Å²) in [7, 11) is 0. The number of aryl methyl sites for hydroxylation is 1. The molecule has 1 heterocycles. The summed E-state index contributed by atoms with van der Waals surface area (Å²) >= 11 is 0. The van der Waals surface area contributed by atoms with E-state index in [2.05, 4.69) is 48.4 Å². The van der Waals surface area contributed by atoms with Crippen molar-refractivity contribution in [1.29, 1.82) is 0 Å². The van der Waals surface area contributed by atoms with E-state index in [9.17, 15) is 4.79 Å². The standard InChI is InChI=1S/C16H25N3O.ClH/c1-4-14-5-7-15(8-6-14)18-16(20)11-19-9-12(2)17-13(3)10-19;/h5-8,12-13,17H,4,9-11H2,1-3H3,(H,18,20);1H. The first kappa shape index (κ1) is 18.0. The van der Waals surface area contributed by atoms with Crippen LogP contribution in [0.15, 0.2) is 24.3 Å². The van der Waals surface area contributed by atoms with Gasteiger partial charge in [0.1, 0.15) is 0 Å². The number of anilines is 1. The average molecular weight is 312 g/mol. The molecular weight excluding hydrogens is 286 g/mol. The van der Waals surface area contributed by atoms with Gasteiger partial charge in [-0.15, -0.1) is 12.4 Å². The third-order valence-electron chi connectivity index (χ3n) is 3.65. The molecule has 0 saturated carbocycles. The molecule has 2 unspecified atom stereocenters. The Labute approximate surface area is 133 Å². The summed E-state index contributed by atoms with van der Waals surface area (Å²) in [6, 6.07) is 8.94. The van der Waals surface area contributed by atoms with Crippen LogP contribution in [0.4, 0.5) is 5.69 Å². The first-order valence-electron chi connectivity index (χ1n) is 7.44. The van der Waals surface area contributed by atoms with Gasteiger partial charge in [0.2, 0.25) is 5.91 Å². The van der Waals surface area contributed by atoms with Crippen LogP contribution in [0, 0.1) is 0 Å². The molecule has 0 aromatic heterocycles. The van der Waals surface area contributed by atoms with Crippen LogP contribution >= 0.6 is 12.4 Å². The molecule has 1 aliphatic heterocycles. The molecule has 2 atom stereocenters. The second-order valence-corrected chi connectivity index (χ2v) is 5.76. The molecule has 1 amide bonds. The second kappa shape index (κ2) is 8.37. The Morgan fingerprint density at radius 2 is 1.81 bits per heavy atom. The Hall–Kier alpha value is -1.10. The number of hydrogen-bond donors (Lipinski definition) is 2. The van der Waals surface area contributed by atoms with Gasteiger partial charge in [-0.05, 0) is 38.0 Å². The zero-order chi connectivity index (χ0) is 14.5. The van der Waals surface area contributed by atoms with E-state index in [1.807, 2.05) is 12.1 Å². The van der Waals surface area contributed by atoms with Gasteiger partial charge in [-0.1, -0.05) is 19.1 Å². The summed E-state index contributed by atoms with van der Waals surface area (Å²) < 4.78 is 0. The number of benzene rings is 1. The zero-order valence-corrected chi connectivity index (χ0v) is 13.9. The number of nitrogens with one attached hydrogen (secondary N) is 2. The maximum absolute atomic E-state index is 12.1. The summed E-state index contributed by atoms with van der Waals surface area (Å²) in [4.78, 5) is 14.3. The molecule has 5 heteroatoms. The quantitative estimate of drug-likeness (QED) is 0.897. The molecule has 1 aromatic carbocycles. The number of halogens is 1. The molecule has 1 aromatic rings. The zero-order valence-electron chi connectivity index (χ0n) is 13.1. The average Bonchev–Trinajstić information content (AvgIpc) is 2.38. The van der Waals surface area contributed by atoms with Crippen molar-refractivity contribution in [3.8, 4) is 0 Å². The van der Waals surface area contributed by atoms with E-state index in [0.717, 1.165) is 25.2 Å². The Morgan fingerprint density at radius 1 is 1.24 bits per heavy atom. The van der Waals surface area contributed by atoms with Crippen molar-refractivity contribution in [3.05, 3.63) is 29.8 Å². The van der Waals surface area contributed by atoms with Crippen LogP contribution in [0.25, 0.3) is 0 Å². The van der Waals surface area contributed by atoms with Gasteiger partial charge in [0.15, 0.2) is 0 Å². The van der Waals surface area contributed by atoms with Gasteiger partial charge in [0.25, 0.3) is 0 Å². The van der Waals surface area contributed by atoms with Crippen LogP contribution < -0.4 is 10.6 Å². The van der Waals surface area contributed by atoms with Crippen LogP contribution in [-0.4, -0.2) is 42.5 Å². The summed E-state index contributed by atoms with van der Waals surface area (Å²) in [6.45, 7) is 8.75. The topological polar surface area (TPSA) is 44.4 Å². The molecule has 2 rings (SSSR count). The van der Waals surface area contributed by atoms with Gasteiger partial charge in [0, 0.05) is 30.9 Å². The van der Waals surface area contributed by atoms with Gasteiger partial charge in [-0.3, -0.25) is 9.69 Å². The minimum Gasteiger partial charge on any atom is -0.325 e. The minimum atomic E-state index is 0. The van der Waals surface area contributed by atoms with Gasteiger partial charge in [-0.25, -0.2) is 0 Å². The van der Waals surface area contributed by atoms with Crippen molar-refractivity contribution in [2.24, 2.45) is 0 Å². The van der Waals surface area contributed by atoms with Crippen molar-refractivity contribution in [1.82, 2.24) is 10.2 Å². The van der Waals surface area contributed by atoms with E-state index in [1.165, 1.54) is 5.56 Å². The van der Waals surface area contributed by atoms with Crippen LogP contribution in [0.5, 0.6) is 0 Å². The second-order valence-electron chi connectivity index (χ2n) is 5.76. The van der Waals surface area contributed by atoms with Crippen molar-refractivity contribution in [3.63, 3.8) is 0 Å². The van der Waals surface area contributed by atoms with E-state index in [4.69, 9.17) is 0 Å². The monoisotopic (exact) mass is 311 g/mol. The van der Waals surface area contributed by atoms with E-state index in [1.54, 1.807) is 0 Å². The van der Waals surface area contributed by atoms with Gasteiger partial charge < -0.3 is 10.6 Å². The molecule has 1 fully saturated rings. The minimum absolute atomic E-state index is 0. The maximum atomic E-state index is 12.1. The van der Waals surface area contributed by atoms with E-state index < -0.39 is 0 Å². The molecule has 0 bridgehead atoms. The molecule has 1 saturated heterocycles. The first-order chi connectivity index (χ1) is 9.56. The van der Waals surface area contributed by atoms with Crippen molar-refractivity contribution < 1.29 is 4.79 Å². The highest BCUT2D eigenvalue weighted by Gasteiger charge is 2.22. The summed E-state index contributed by atoms with van der Waals surface area (Å²) in [5.74, 6) is 0.0653. The molecule has 0 radical (unpaired) electrons. The molecule has 0 spiro atoms. The third kappa shape index (κ3) is 5.65. The number of carbonyl (C=O) groups is 1. The number of nitrogens with zero attached hydrogens (tertiary/aromatic N) is 1. The number of hydrogen-bond acceptors (Lipinski definition) is 3. The fourth-order valence-corrected chi connectivity index (χ4v) is 2.80. The van der Waals surface area contributed by atoms with Crippen molar-refractivity contribution >= 4 is 24.0 Å². The molecule has 4 nitrogen and oxygen atoms in total. The van der Waals surface area contributed by atoms with Crippen LogP contribution in [0.3, 0.4) is 0 Å². The summed E-state index contributed by atoms with van der Waals surface area (Å²) in [5, 5.41) is 6.44. The van der Waals surface area contributed by atoms with Gasteiger partial charge in [-0.2, -0.15) is 0 Å². The molecule has 2 N–H and O–H groups in total. The normalized spacial score (nSPS) is 22.4. The Morgan fingerprint density at radius 3 is 2.33 bits per heavy atom. The Kier molecular flexibility index (Phi) is 7.15. The van der Waals surface area contributed by atoms with E-state index in [0.29, 0.717) is 18.6 Å². The first-order valence-corrected chi connectivity index (χ1v) is 7.44. The lowest BCUT2D eigenvalue weighted by molar-refractivity contribution is -0.117. The third-order valence-corrected chi connectivity index (χ3v) is 3.65. The van der Waals surface area contributed by atoms with E-state index in [-0.39, 0.29) is 18.3 Å². The largest absolute Gasteiger partial charge is 0.325 e. The number of amides is 1. The van der Waals surface area contributed by atoms with Crippen molar-refractivity contribution in [2.75, 3.05) is 25.0 Å². The highest BCUT2D eigenvalue weighted by molar-refractivity contribution is 5.92. The smallest absolute Gasteiger partial charge is 0.238 e. The number of carbonyl (C=O) groups excluding carboxylic acids is 1. The van der Waals surface area contributed by atoms with Crippen molar-refractivity contribution in [2.45, 2.75) is 39.3 Å². The van der Waals surface area contributed by atoms with E-state index >= 15 is 0 Å². The fourth-order valence-electron chi connectivity index (χ4n) is 2.80. The predicted octanol–water partition coefficient (Wildman–Crippen LogP) is 2.29. The summed E-state index contributed by atoms with van der Waals surface area (Å²) in [5.41, 5.74) is 2.16. The highest BCUT2D eigenvalue weighted by atomic mass is 35.5. The Balaban J connectivity index is 0.00000220. The molecule has 0 aliphatic carbocycles. The van der Waals surface area contributed by atoms with Crippen LogP contribution in [0.1, 0.15) is 26.3 Å². The predicted molar refractivity (Wildman–Crippen MR) is 90.2 cm³/mol. The lowest BCUT2D eigenvalue weighted by Crippen LogP contribution is -2.55. The van der Waals surface area contributed by atoms with Gasteiger partial charge >= 0.3 is 0 Å². The SMILES string of the molecule is CCc1ccc(NC(=O)CN2CC(C)NC(C)C2)cc1.Cl. The summed E-state index contributed by atoms with van der Waals surface area (Å²) in [6.07, 6.45) is 1.02. The lowest BCUT2D eigenvalue weighted by atomic mass is 10.1. The maximum Gasteiger partial charge on any atom is 0.238 e. The molecular formula is C16H26ClN3O. The molecule has 118 valence electrons. The highest BCUT2D eigenvalue weighted by Crippen LogP contribution is 2.10.